The summed E-state index contributed by atoms with van der Waals surface area (Å²) in [6.45, 7) is 3.21. The van der Waals surface area contributed by atoms with Crippen LogP contribution in [0.3, 0.4) is 0 Å². The van der Waals surface area contributed by atoms with Crippen LogP contribution >= 0.6 is 0 Å². The number of piperidine rings is 1. The lowest BCUT2D eigenvalue weighted by Crippen LogP contribution is -2.33. The fourth-order valence-electron chi connectivity index (χ4n) is 2.16. The van der Waals surface area contributed by atoms with Crippen LogP contribution in [0.2, 0.25) is 0 Å². The summed E-state index contributed by atoms with van der Waals surface area (Å²) in [7, 11) is 3.48. The van der Waals surface area contributed by atoms with E-state index in [0.29, 0.717) is 11.7 Å². The van der Waals surface area contributed by atoms with Gasteiger partial charge in [0, 0.05) is 6.54 Å². The topological polar surface area (TPSA) is 67.3 Å². The number of rotatable bonds is 4. The summed E-state index contributed by atoms with van der Waals surface area (Å²) in [5.41, 5.74) is 0.229. The molecule has 0 saturated carbocycles. The van der Waals surface area contributed by atoms with E-state index in [-0.39, 0.29) is 5.69 Å². The molecule has 0 radical (unpaired) electrons. The van der Waals surface area contributed by atoms with Crippen LogP contribution in [-0.4, -0.2) is 54.9 Å². The van der Waals surface area contributed by atoms with Crippen molar-refractivity contribution in [3.05, 3.63) is 17.8 Å². The molecule has 1 aromatic rings. The smallest absolute Gasteiger partial charge is 0.358 e. The Balaban J connectivity index is 1.81. The largest absolute Gasteiger partial charge is 0.464 e. The van der Waals surface area contributed by atoms with Crippen LogP contribution in [0, 0.1) is 5.92 Å². The van der Waals surface area contributed by atoms with Gasteiger partial charge in [-0.15, -0.1) is 10.2 Å². The molecule has 1 N–H and O–H groups in total. The zero-order valence-electron chi connectivity index (χ0n) is 11.4. The number of carbonyl (C=O) groups is 1. The van der Waals surface area contributed by atoms with Gasteiger partial charge in [-0.25, -0.2) is 4.79 Å². The van der Waals surface area contributed by atoms with Gasteiger partial charge in [0.05, 0.1) is 7.11 Å². The lowest BCUT2D eigenvalue weighted by atomic mass is 9.97. The summed E-state index contributed by atoms with van der Waals surface area (Å²) in [5, 5.41) is 11.1. The molecule has 1 aliphatic heterocycles. The first-order valence-electron chi connectivity index (χ1n) is 6.53. The van der Waals surface area contributed by atoms with Gasteiger partial charge in [-0.3, -0.25) is 0 Å². The average Bonchev–Trinajstić information content (AvgIpc) is 2.46. The van der Waals surface area contributed by atoms with Crippen molar-refractivity contribution in [2.24, 2.45) is 5.92 Å². The highest BCUT2D eigenvalue weighted by molar-refractivity contribution is 5.86. The van der Waals surface area contributed by atoms with Gasteiger partial charge >= 0.3 is 5.97 Å². The van der Waals surface area contributed by atoms with Crippen molar-refractivity contribution in [1.82, 2.24) is 15.1 Å². The molecule has 19 heavy (non-hydrogen) atoms. The summed E-state index contributed by atoms with van der Waals surface area (Å²) in [4.78, 5) is 13.6. The molecule has 1 fully saturated rings. The van der Waals surface area contributed by atoms with Crippen LogP contribution in [0.25, 0.3) is 0 Å². The van der Waals surface area contributed by atoms with Gasteiger partial charge in [0.25, 0.3) is 0 Å². The second-order valence-electron chi connectivity index (χ2n) is 4.92. The van der Waals surface area contributed by atoms with Crippen molar-refractivity contribution >= 4 is 11.8 Å². The Labute approximate surface area is 113 Å². The lowest BCUT2D eigenvalue weighted by molar-refractivity contribution is 0.0593. The maximum atomic E-state index is 11.2. The summed E-state index contributed by atoms with van der Waals surface area (Å²) < 4.78 is 4.57. The van der Waals surface area contributed by atoms with Crippen molar-refractivity contribution in [2.75, 3.05) is 39.1 Å². The molecule has 2 heterocycles. The van der Waals surface area contributed by atoms with Gasteiger partial charge in [0.1, 0.15) is 5.82 Å². The Hall–Kier alpha value is -1.69. The molecule has 0 spiro atoms. The number of ether oxygens (including phenoxy) is 1. The minimum Gasteiger partial charge on any atom is -0.464 e. The normalized spacial score (nSPS) is 17.2. The van der Waals surface area contributed by atoms with Crippen LogP contribution in [0.1, 0.15) is 23.3 Å². The van der Waals surface area contributed by atoms with Crippen LogP contribution in [0.4, 0.5) is 5.82 Å². The minimum absolute atomic E-state index is 0.229. The molecule has 0 aliphatic carbocycles. The number of esters is 1. The van der Waals surface area contributed by atoms with Crippen molar-refractivity contribution in [3.63, 3.8) is 0 Å². The van der Waals surface area contributed by atoms with E-state index < -0.39 is 5.97 Å². The van der Waals surface area contributed by atoms with Crippen molar-refractivity contribution < 1.29 is 9.53 Å². The Bertz CT molecular complexity index is 413. The van der Waals surface area contributed by atoms with Crippen LogP contribution < -0.4 is 5.32 Å². The second kappa shape index (κ2) is 6.47. The number of likely N-dealkylation sites (tertiary alicyclic amines) is 1. The number of carbonyl (C=O) groups excluding carboxylic acids is 1. The summed E-state index contributed by atoms with van der Waals surface area (Å²) >= 11 is 0. The molecule has 2 rings (SSSR count). The number of anilines is 1. The average molecular weight is 264 g/mol. The number of aromatic nitrogens is 2. The van der Waals surface area contributed by atoms with Gasteiger partial charge in [-0.2, -0.15) is 0 Å². The highest BCUT2D eigenvalue weighted by Crippen LogP contribution is 2.16. The Morgan fingerprint density at radius 2 is 2.16 bits per heavy atom. The molecule has 0 unspecified atom stereocenters. The van der Waals surface area contributed by atoms with E-state index >= 15 is 0 Å². The van der Waals surface area contributed by atoms with Crippen molar-refractivity contribution in [2.45, 2.75) is 12.8 Å². The maximum Gasteiger partial charge on any atom is 0.358 e. The molecule has 0 bridgehead atoms. The molecular weight excluding hydrogens is 244 g/mol. The summed E-state index contributed by atoms with van der Waals surface area (Å²) in [6.07, 6.45) is 2.41. The first-order chi connectivity index (χ1) is 9.19. The van der Waals surface area contributed by atoms with E-state index in [4.69, 9.17) is 0 Å². The molecule has 104 valence electrons. The zero-order chi connectivity index (χ0) is 13.7. The quantitative estimate of drug-likeness (QED) is 0.819. The number of hydrogen-bond donors (Lipinski definition) is 1. The summed E-state index contributed by atoms with van der Waals surface area (Å²) in [5.74, 6) is 0.916. The molecule has 1 aromatic heterocycles. The molecule has 6 nitrogen and oxygen atoms in total. The van der Waals surface area contributed by atoms with E-state index in [1.54, 1.807) is 12.1 Å². The van der Waals surface area contributed by atoms with Crippen molar-refractivity contribution in [1.29, 1.82) is 0 Å². The standard InChI is InChI=1S/C13H20N4O2/c1-17-7-5-10(6-8-17)9-14-12-4-3-11(15-16-12)13(18)19-2/h3-4,10H,5-9H2,1-2H3,(H,14,16). The molecule has 0 aromatic carbocycles. The van der Waals surface area contributed by atoms with Crippen LogP contribution in [0.5, 0.6) is 0 Å². The third kappa shape index (κ3) is 3.89. The Morgan fingerprint density at radius 3 is 2.74 bits per heavy atom. The van der Waals surface area contributed by atoms with E-state index in [2.05, 4.69) is 32.2 Å². The summed E-state index contributed by atoms with van der Waals surface area (Å²) in [6, 6.07) is 3.38. The first kappa shape index (κ1) is 13.7. The molecule has 0 atom stereocenters. The van der Waals surface area contributed by atoms with E-state index in [1.807, 2.05) is 0 Å². The number of nitrogens with one attached hydrogen (secondary N) is 1. The molecule has 0 amide bonds. The van der Waals surface area contributed by atoms with Crippen molar-refractivity contribution in [3.8, 4) is 0 Å². The van der Waals surface area contributed by atoms with Crippen LogP contribution in [0.15, 0.2) is 12.1 Å². The van der Waals surface area contributed by atoms with Gasteiger partial charge in [0.15, 0.2) is 5.69 Å². The zero-order valence-corrected chi connectivity index (χ0v) is 11.4. The fourth-order valence-corrected chi connectivity index (χ4v) is 2.16. The Morgan fingerprint density at radius 1 is 1.42 bits per heavy atom. The third-order valence-electron chi connectivity index (χ3n) is 3.47. The highest BCUT2D eigenvalue weighted by Gasteiger charge is 2.16. The fraction of sp³-hybridized carbons (Fsp3) is 0.615. The van der Waals surface area contributed by atoms with Gasteiger partial charge in [0.2, 0.25) is 0 Å². The van der Waals surface area contributed by atoms with Gasteiger partial charge < -0.3 is 15.0 Å². The molecule has 1 aliphatic rings. The minimum atomic E-state index is -0.464. The monoisotopic (exact) mass is 264 g/mol. The van der Waals surface area contributed by atoms with Gasteiger partial charge in [-0.05, 0) is 51.0 Å². The molecule has 6 heteroatoms. The van der Waals surface area contributed by atoms with Gasteiger partial charge in [-0.1, -0.05) is 0 Å². The number of nitrogens with zero attached hydrogens (tertiary/aromatic N) is 3. The van der Waals surface area contributed by atoms with Crippen LogP contribution in [-0.2, 0) is 4.74 Å². The van der Waals surface area contributed by atoms with E-state index in [9.17, 15) is 4.79 Å². The second-order valence-corrected chi connectivity index (χ2v) is 4.92. The molecule has 1 saturated heterocycles. The number of methoxy groups -OCH3 is 1. The van der Waals surface area contributed by atoms with E-state index in [1.165, 1.54) is 20.0 Å². The predicted octanol–water partition coefficient (Wildman–Crippen LogP) is 1.02. The SMILES string of the molecule is COC(=O)c1ccc(NCC2CCN(C)CC2)nn1. The maximum absolute atomic E-state index is 11.2. The molecular formula is C13H20N4O2. The third-order valence-corrected chi connectivity index (χ3v) is 3.47. The first-order valence-corrected chi connectivity index (χ1v) is 6.53. The number of hydrogen-bond acceptors (Lipinski definition) is 6. The van der Waals surface area contributed by atoms with E-state index in [0.717, 1.165) is 19.6 Å². The predicted molar refractivity (Wildman–Crippen MR) is 72.1 cm³/mol. The lowest BCUT2D eigenvalue weighted by Gasteiger charge is -2.28. The highest BCUT2D eigenvalue weighted by atomic mass is 16.5. The Kier molecular flexibility index (Phi) is 4.68.